The number of nitrogens with zero attached hydrogens (tertiary/aromatic N) is 3. The van der Waals surface area contributed by atoms with E-state index < -0.39 is 0 Å². The predicted molar refractivity (Wildman–Crippen MR) is 94.8 cm³/mol. The molecular weight excluding hydrogens is 318 g/mol. The Bertz CT molecular complexity index is 713. The van der Waals surface area contributed by atoms with Gasteiger partial charge in [0, 0.05) is 12.7 Å². The molecule has 1 aliphatic heterocycles. The maximum absolute atomic E-state index is 12.7. The van der Waals surface area contributed by atoms with Gasteiger partial charge in [-0.2, -0.15) is 5.10 Å². The second-order valence-corrected chi connectivity index (χ2v) is 6.42. The number of ether oxygens (including phenoxy) is 2. The third kappa shape index (κ3) is 4.32. The summed E-state index contributed by atoms with van der Waals surface area (Å²) >= 11 is 0. The lowest BCUT2D eigenvalue weighted by atomic mass is 10.0. The van der Waals surface area contributed by atoms with E-state index in [0.29, 0.717) is 11.5 Å². The minimum absolute atomic E-state index is 0.0134. The van der Waals surface area contributed by atoms with Gasteiger partial charge in [0.05, 0.1) is 25.9 Å². The van der Waals surface area contributed by atoms with Gasteiger partial charge in [-0.25, -0.2) is 0 Å². The van der Waals surface area contributed by atoms with Crippen molar-refractivity contribution in [3.8, 4) is 11.5 Å². The maximum atomic E-state index is 12.7. The van der Waals surface area contributed by atoms with E-state index >= 15 is 0 Å². The third-order valence-electron chi connectivity index (χ3n) is 4.53. The van der Waals surface area contributed by atoms with Crippen LogP contribution in [0.15, 0.2) is 36.7 Å². The number of carbonyl (C=O) groups is 1. The van der Waals surface area contributed by atoms with Crippen LogP contribution in [0, 0.1) is 6.92 Å². The second-order valence-electron chi connectivity index (χ2n) is 6.42. The van der Waals surface area contributed by atoms with Crippen LogP contribution in [-0.2, 0) is 11.3 Å². The van der Waals surface area contributed by atoms with E-state index in [1.807, 2.05) is 53.2 Å². The van der Waals surface area contributed by atoms with Gasteiger partial charge in [0.15, 0.2) is 18.1 Å². The number of likely N-dealkylation sites (tertiary alicyclic amines) is 1. The topological polar surface area (TPSA) is 56.6 Å². The molecule has 134 valence electrons. The minimum atomic E-state index is 0.0134. The Labute approximate surface area is 148 Å². The fourth-order valence-corrected chi connectivity index (χ4v) is 3.26. The van der Waals surface area contributed by atoms with Crippen molar-refractivity contribution in [3.63, 3.8) is 0 Å². The van der Waals surface area contributed by atoms with E-state index in [1.165, 1.54) is 0 Å². The Morgan fingerprint density at radius 3 is 2.80 bits per heavy atom. The zero-order valence-corrected chi connectivity index (χ0v) is 14.9. The number of carbonyl (C=O) groups excluding carboxylic acids is 1. The largest absolute Gasteiger partial charge is 0.493 e. The van der Waals surface area contributed by atoms with Gasteiger partial charge in [-0.05, 0) is 43.9 Å². The first kappa shape index (κ1) is 17.3. The van der Waals surface area contributed by atoms with Crippen molar-refractivity contribution in [2.45, 2.75) is 38.8 Å². The van der Waals surface area contributed by atoms with Gasteiger partial charge < -0.3 is 14.4 Å². The quantitative estimate of drug-likeness (QED) is 0.809. The Hall–Kier alpha value is -2.50. The smallest absolute Gasteiger partial charge is 0.260 e. The lowest BCUT2D eigenvalue weighted by Crippen LogP contribution is -2.47. The van der Waals surface area contributed by atoms with Crippen molar-refractivity contribution in [3.05, 3.63) is 42.2 Å². The number of aryl methyl sites for hydroxylation is 1. The molecule has 3 rings (SSSR count). The molecule has 0 radical (unpaired) electrons. The van der Waals surface area contributed by atoms with Crippen LogP contribution in [0.4, 0.5) is 0 Å². The van der Waals surface area contributed by atoms with Crippen molar-refractivity contribution >= 4 is 5.91 Å². The zero-order chi connectivity index (χ0) is 17.6. The molecule has 25 heavy (non-hydrogen) atoms. The number of para-hydroxylation sites is 2. The van der Waals surface area contributed by atoms with Crippen molar-refractivity contribution < 1.29 is 14.3 Å². The SMILES string of the molecule is COc1ccccc1OCC(=O)N1CCCC[C@H]1Cn1cc(C)cn1. The molecule has 1 aromatic carbocycles. The number of rotatable bonds is 6. The number of aromatic nitrogens is 2. The van der Waals surface area contributed by atoms with Crippen LogP contribution in [0.2, 0.25) is 0 Å². The molecule has 2 aromatic rings. The van der Waals surface area contributed by atoms with Gasteiger partial charge in [-0.1, -0.05) is 12.1 Å². The molecule has 1 aromatic heterocycles. The first-order chi connectivity index (χ1) is 12.2. The van der Waals surface area contributed by atoms with Crippen molar-refractivity contribution in [2.24, 2.45) is 0 Å². The summed E-state index contributed by atoms with van der Waals surface area (Å²) in [7, 11) is 1.59. The summed E-state index contributed by atoms with van der Waals surface area (Å²) in [5.74, 6) is 1.24. The van der Waals surface area contributed by atoms with Crippen LogP contribution >= 0.6 is 0 Å². The average Bonchev–Trinajstić information content (AvgIpc) is 3.05. The minimum Gasteiger partial charge on any atom is -0.493 e. The summed E-state index contributed by atoms with van der Waals surface area (Å²) < 4.78 is 12.9. The molecule has 0 unspecified atom stereocenters. The first-order valence-corrected chi connectivity index (χ1v) is 8.71. The van der Waals surface area contributed by atoms with Gasteiger partial charge in [-0.3, -0.25) is 9.48 Å². The summed E-state index contributed by atoms with van der Waals surface area (Å²) in [6.45, 7) is 3.55. The Morgan fingerprint density at radius 2 is 2.08 bits per heavy atom. The molecule has 2 heterocycles. The number of hydrogen-bond acceptors (Lipinski definition) is 4. The summed E-state index contributed by atoms with van der Waals surface area (Å²) in [6, 6.07) is 7.55. The van der Waals surface area contributed by atoms with E-state index in [-0.39, 0.29) is 18.6 Å². The van der Waals surface area contributed by atoms with Gasteiger partial charge in [-0.15, -0.1) is 0 Å². The number of piperidine rings is 1. The van der Waals surface area contributed by atoms with Crippen molar-refractivity contribution in [2.75, 3.05) is 20.3 Å². The van der Waals surface area contributed by atoms with E-state index in [9.17, 15) is 4.79 Å². The van der Waals surface area contributed by atoms with Gasteiger partial charge >= 0.3 is 0 Å². The monoisotopic (exact) mass is 343 g/mol. The van der Waals surface area contributed by atoms with Crippen LogP contribution in [-0.4, -0.2) is 46.9 Å². The molecule has 0 spiro atoms. The summed E-state index contributed by atoms with van der Waals surface area (Å²) in [5.41, 5.74) is 1.13. The molecule has 0 saturated carbocycles. The molecule has 1 amide bonds. The summed E-state index contributed by atoms with van der Waals surface area (Å²) in [6.07, 6.45) is 7.04. The highest BCUT2D eigenvalue weighted by Gasteiger charge is 2.27. The van der Waals surface area contributed by atoms with Crippen molar-refractivity contribution in [1.29, 1.82) is 0 Å². The van der Waals surface area contributed by atoms with Gasteiger partial charge in [0.1, 0.15) is 0 Å². The van der Waals surface area contributed by atoms with Crippen LogP contribution in [0.3, 0.4) is 0 Å². The number of amides is 1. The fourth-order valence-electron chi connectivity index (χ4n) is 3.26. The van der Waals surface area contributed by atoms with Crippen molar-refractivity contribution in [1.82, 2.24) is 14.7 Å². The highest BCUT2D eigenvalue weighted by atomic mass is 16.5. The number of benzene rings is 1. The lowest BCUT2D eigenvalue weighted by molar-refractivity contribution is -0.137. The molecule has 0 bridgehead atoms. The number of hydrogen-bond donors (Lipinski definition) is 0. The van der Waals surface area contributed by atoms with E-state index in [0.717, 1.165) is 37.9 Å². The van der Waals surface area contributed by atoms with E-state index in [1.54, 1.807) is 7.11 Å². The van der Waals surface area contributed by atoms with Gasteiger partial charge in [0.2, 0.25) is 0 Å². The fraction of sp³-hybridized carbons (Fsp3) is 0.474. The molecular formula is C19H25N3O3. The van der Waals surface area contributed by atoms with Crippen LogP contribution < -0.4 is 9.47 Å². The van der Waals surface area contributed by atoms with Crippen LogP contribution in [0.1, 0.15) is 24.8 Å². The molecule has 6 heteroatoms. The molecule has 0 aliphatic carbocycles. The predicted octanol–water partition coefficient (Wildman–Crippen LogP) is 2.66. The molecule has 1 aliphatic rings. The summed E-state index contributed by atoms with van der Waals surface area (Å²) in [5, 5.41) is 4.35. The normalized spacial score (nSPS) is 17.4. The van der Waals surface area contributed by atoms with Crippen LogP contribution in [0.5, 0.6) is 11.5 Å². The Balaban J connectivity index is 1.62. The number of methoxy groups -OCH3 is 1. The molecule has 0 N–H and O–H groups in total. The average molecular weight is 343 g/mol. The lowest BCUT2D eigenvalue weighted by Gasteiger charge is -2.35. The standard InChI is InChI=1S/C19H25N3O3/c1-15-11-20-21(12-15)13-16-7-5-6-10-22(16)19(23)14-25-18-9-4-3-8-17(18)24-2/h3-4,8-9,11-12,16H,5-7,10,13-14H2,1-2H3/t16-/m0/s1. The Kier molecular flexibility index (Phi) is 5.58. The van der Waals surface area contributed by atoms with Gasteiger partial charge in [0.25, 0.3) is 5.91 Å². The van der Waals surface area contributed by atoms with Crippen LogP contribution in [0.25, 0.3) is 0 Å². The molecule has 1 atom stereocenters. The maximum Gasteiger partial charge on any atom is 0.260 e. The first-order valence-electron chi connectivity index (χ1n) is 8.71. The second kappa shape index (κ2) is 8.05. The highest BCUT2D eigenvalue weighted by molar-refractivity contribution is 5.78. The summed E-state index contributed by atoms with van der Waals surface area (Å²) in [4.78, 5) is 14.6. The van der Waals surface area contributed by atoms with E-state index in [4.69, 9.17) is 9.47 Å². The zero-order valence-electron chi connectivity index (χ0n) is 14.9. The third-order valence-corrected chi connectivity index (χ3v) is 4.53. The molecule has 1 saturated heterocycles. The molecule has 6 nitrogen and oxygen atoms in total. The van der Waals surface area contributed by atoms with E-state index in [2.05, 4.69) is 5.10 Å². The Morgan fingerprint density at radius 1 is 1.28 bits per heavy atom. The molecule has 1 fully saturated rings. The highest BCUT2D eigenvalue weighted by Crippen LogP contribution is 2.26.